The number of nitrogens with one attached hydrogen (secondary N) is 2. The predicted molar refractivity (Wildman–Crippen MR) is 172 cm³/mol. The fraction of sp³-hybridized carbons (Fsp3) is 0.433. The van der Waals surface area contributed by atoms with Crippen LogP contribution in [0.5, 0.6) is 0 Å². The number of fused-ring (bicyclic) bond motifs is 1. The molecule has 1 fully saturated rings. The highest BCUT2D eigenvalue weighted by Gasteiger charge is 2.20. The number of likely N-dealkylation sites (N-methyl/N-ethyl adjacent to an activating group) is 1. The molecule has 1 saturated heterocycles. The molecule has 0 spiro atoms. The van der Waals surface area contributed by atoms with Gasteiger partial charge in [-0.25, -0.2) is 9.67 Å². The Hall–Kier alpha value is -4.25. The third kappa shape index (κ3) is 12.2. The number of hydrogen-bond acceptors (Lipinski definition) is 8. The zero-order valence-corrected chi connectivity index (χ0v) is 26.1. The van der Waals surface area contributed by atoms with E-state index in [4.69, 9.17) is 0 Å². The van der Waals surface area contributed by atoms with Gasteiger partial charge in [-0.1, -0.05) is 29.8 Å². The molecule has 0 saturated carbocycles. The van der Waals surface area contributed by atoms with Crippen LogP contribution in [0.15, 0.2) is 64.7 Å². The first-order valence-corrected chi connectivity index (χ1v) is 13.5. The first kappa shape index (κ1) is 34.8. The molecule has 224 valence electrons. The number of aromatic amines is 1. The molecule has 3 aromatic rings. The van der Waals surface area contributed by atoms with Gasteiger partial charge in [0.1, 0.15) is 5.39 Å². The molecular weight excluding hydrogens is 518 g/mol. The van der Waals surface area contributed by atoms with Crippen molar-refractivity contribution in [3.8, 4) is 0 Å². The number of hydrogen-bond donors (Lipinski definition) is 2. The molecule has 4 rings (SSSR count). The summed E-state index contributed by atoms with van der Waals surface area (Å²) in [5.41, 5.74) is 3.86. The molecule has 0 aliphatic carbocycles. The lowest BCUT2D eigenvalue weighted by Crippen LogP contribution is -2.48. The van der Waals surface area contributed by atoms with E-state index in [9.17, 15) is 9.59 Å². The third-order valence-electron chi connectivity index (χ3n) is 5.65. The molecule has 0 atom stereocenters. The standard InChI is InChI=1S/C12H16N2O.C9H11N5O.C6H11N.C3H9N/c1-10-3-5-11(6-4-10)14-8-7-13(2)12(15)9-14;1-3-4-14-8(15)6-5-11-9(10-2)12-7(6)13-14;1-4-6(3)7-5-2;1-4(2)3/h3-6H,7-9H2,1-2H3;3,5H,1,4H2,2H3,(H2,10,11,12,13);4-5H,1-3H3;1-3H3/b;;6-4-,7-5?;. The van der Waals surface area contributed by atoms with Gasteiger partial charge in [-0.2, -0.15) is 4.98 Å². The van der Waals surface area contributed by atoms with Gasteiger partial charge in [0.2, 0.25) is 11.9 Å². The van der Waals surface area contributed by atoms with Gasteiger partial charge in [0.15, 0.2) is 5.65 Å². The number of amides is 1. The minimum absolute atomic E-state index is 0.132. The Morgan fingerprint density at radius 1 is 1.17 bits per heavy atom. The van der Waals surface area contributed by atoms with Crippen molar-refractivity contribution in [1.29, 1.82) is 0 Å². The van der Waals surface area contributed by atoms with Crippen molar-refractivity contribution < 1.29 is 4.79 Å². The van der Waals surface area contributed by atoms with E-state index in [0.717, 1.165) is 24.5 Å². The van der Waals surface area contributed by atoms with Gasteiger partial charge in [-0.3, -0.25) is 19.7 Å². The molecule has 0 bridgehead atoms. The molecule has 1 aromatic carbocycles. The monoisotopic (exact) mass is 565 g/mol. The summed E-state index contributed by atoms with van der Waals surface area (Å²) in [6, 6.07) is 8.32. The Bertz CT molecular complexity index is 1340. The van der Waals surface area contributed by atoms with Crippen molar-refractivity contribution in [3.63, 3.8) is 0 Å². The summed E-state index contributed by atoms with van der Waals surface area (Å²) in [6.07, 6.45) is 6.91. The highest BCUT2D eigenvalue weighted by atomic mass is 16.2. The summed E-state index contributed by atoms with van der Waals surface area (Å²) < 4.78 is 1.44. The SMILES string of the molecule is C=CCn1[nH]c2nc(NC)ncc2c1=O.CC=N/C(C)=C\C.CN(C)C.Cc1ccc(N2CCN(C)C(=O)C2)cc1. The van der Waals surface area contributed by atoms with E-state index in [0.29, 0.717) is 30.1 Å². The summed E-state index contributed by atoms with van der Waals surface area (Å²) in [5.74, 6) is 0.677. The van der Waals surface area contributed by atoms with Crippen molar-refractivity contribution >= 4 is 34.8 Å². The lowest BCUT2D eigenvalue weighted by Gasteiger charge is -2.33. The van der Waals surface area contributed by atoms with Gasteiger partial charge >= 0.3 is 0 Å². The first-order valence-electron chi connectivity index (χ1n) is 13.5. The van der Waals surface area contributed by atoms with Gasteiger partial charge in [-0.05, 0) is 61.0 Å². The van der Waals surface area contributed by atoms with Crippen molar-refractivity contribution in [3.05, 3.63) is 70.8 Å². The number of benzene rings is 1. The highest BCUT2D eigenvalue weighted by molar-refractivity contribution is 5.82. The molecule has 0 unspecified atom stereocenters. The molecular formula is C30H47N9O2. The summed E-state index contributed by atoms with van der Waals surface area (Å²) >= 11 is 0. The van der Waals surface area contributed by atoms with Crippen molar-refractivity contribution in [1.82, 2.24) is 29.5 Å². The minimum atomic E-state index is -0.132. The van der Waals surface area contributed by atoms with Gasteiger partial charge in [0.25, 0.3) is 5.56 Å². The van der Waals surface area contributed by atoms with Gasteiger partial charge in [0.05, 0.1) is 13.1 Å². The second-order valence-corrected chi connectivity index (χ2v) is 9.75. The number of carbonyl (C=O) groups is 1. The summed E-state index contributed by atoms with van der Waals surface area (Å²) in [4.78, 5) is 41.2. The minimum Gasteiger partial charge on any atom is -0.360 e. The highest BCUT2D eigenvalue weighted by Crippen LogP contribution is 2.16. The maximum atomic E-state index is 11.7. The maximum absolute atomic E-state index is 11.7. The molecule has 11 heteroatoms. The number of aliphatic imine (C=N–C) groups is 1. The third-order valence-corrected chi connectivity index (χ3v) is 5.65. The normalized spacial score (nSPS) is 13.2. The summed E-state index contributed by atoms with van der Waals surface area (Å²) in [5, 5.41) is 6.17. The number of aromatic nitrogens is 4. The molecule has 3 heterocycles. The Balaban J connectivity index is 0.000000305. The summed E-state index contributed by atoms with van der Waals surface area (Å²) in [6.45, 7) is 14.2. The Morgan fingerprint density at radius 3 is 2.29 bits per heavy atom. The summed E-state index contributed by atoms with van der Waals surface area (Å²) in [7, 11) is 9.58. The molecule has 41 heavy (non-hydrogen) atoms. The van der Waals surface area contributed by atoms with Crippen LogP contribution >= 0.6 is 0 Å². The molecule has 1 aliphatic rings. The largest absolute Gasteiger partial charge is 0.360 e. The van der Waals surface area contributed by atoms with Crippen LogP contribution in [-0.4, -0.2) is 96.5 Å². The van der Waals surface area contributed by atoms with Crippen LogP contribution in [0, 0.1) is 6.92 Å². The molecule has 0 radical (unpaired) electrons. The van der Waals surface area contributed by atoms with Crippen LogP contribution in [0.4, 0.5) is 11.6 Å². The molecule has 2 N–H and O–H groups in total. The number of piperazine rings is 1. The Labute approximate surface area is 244 Å². The molecule has 11 nitrogen and oxygen atoms in total. The van der Waals surface area contributed by atoms with Crippen LogP contribution in [0.1, 0.15) is 26.3 Å². The second kappa shape index (κ2) is 18.2. The number of anilines is 2. The lowest BCUT2D eigenvalue weighted by atomic mass is 10.2. The number of aryl methyl sites for hydroxylation is 1. The Morgan fingerprint density at radius 2 is 1.80 bits per heavy atom. The second-order valence-electron chi connectivity index (χ2n) is 9.75. The number of carbonyl (C=O) groups excluding carboxylic acids is 1. The average molecular weight is 566 g/mol. The lowest BCUT2D eigenvalue weighted by molar-refractivity contribution is -0.129. The van der Waals surface area contributed by atoms with Crippen LogP contribution in [0.2, 0.25) is 0 Å². The zero-order chi connectivity index (χ0) is 30.9. The molecule has 1 aliphatic heterocycles. The average Bonchev–Trinajstić information content (AvgIpc) is 3.25. The number of rotatable bonds is 5. The van der Waals surface area contributed by atoms with E-state index in [1.54, 1.807) is 24.2 Å². The molecule has 1 amide bonds. The van der Waals surface area contributed by atoms with E-state index in [2.05, 4.69) is 68.0 Å². The fourth-order valence-corrected chi connectivity index (χ4v) is 3.34. The zero-order valence-electron chi connectivity index (χ0n) is 26.1. The number of H-pyrrole nitrogens is 1. The quantitative estimate of drug-likeness (QED) is 0.357. The van der Waals surface area contributed by atoms with E-state index < -0.39 is 0 Å². The van der Waals surface area contributed by atoms with E-state index in [-0.39, 0.29) is 11.5 Å². The van der Waals surface area contributed by atoms with Crippen molar-refractivity contribution in [2.75, 3.05) is 65.1 Å². The van der Waals surface area contributed by atoms with Crippen LogP contribution < -0.4 is 15.8 Å². The van der Waals surface area contributed by atoms with Crippen molar-refractivity contribution in [2.24, 2.45) is 4.99 Å². The van der Waals surface area contributed by atoms with E-state index >= 15 is 0 Å². The van der Waals surface area contributed by atoms with Gasteiger partial charge in [0, 0.05) is 51.0 Å². The van der Waals surface area contributed by atoms with Gasteiger partial charge in [-0.15, -0.1) is 6.58 Å². The smallest absolute Gasteiger partial charge is 0.277 e. The van der Waals surface area contributed by atoms with Crippen LogP contribution in [-0.2, 0) is 11.3 Å². The van der Waals surface area contributed by atoms with E-state index in [1.807, 2.05) is 59.9 Å². The van der Waals surface area contributed by atoms with Gasteiger partial charge < -0.3 is 20.0 Å². The number of nitrogens with zero attached hydrogens (tertiary/aromatic N) is 7. The maximum Gasteiger partial charge on any atom is 0.277 e. The van der Waals surface area contributed by atoms with Crippen LogP contribution in [0.25, 0.3) is 11.0 Å². The number of allylic oxidation sites excluding steroid dienone is 3. The van der Waals surface area contributed by atoms with Crippen molar-refractivity contribution in [2.45, 2.75) is 34.2 Å². The fourth-order valence-electron chi connectivity index (χ4n) is 3.34. The Kier molecular flexibility index (Phi) is 15.4. The van der Waals surface area contributed by atoms with E-state index in [1.165, 1.54) is 16.4 Å². The molecule has 2 aromatic heterocycles. The predicted octanol–water partition coefficient (Wildman–Crippen LogP) is 3.80. The topological polar surface area (TPSA) is 115 Å². The first-order chi connectivity index (χ1) is 19.5. The van der Waals surface area contributed by atoms with Crippen LogP contribution in [0.3, 0.4) is 0 Å².